The van der Waals surface area contributed by atoms with Gasteiger partial charge in [0.2, 0.25) is 0 Å². The van der Waals surface area contributed by atoms with Crippen LogP contribution >= 0.6 is 0 Å². The predicted octanol–water partition coefficient (Wildman–Crippen LogP) is 2.86. The summed E-state index contributed by atoms with van der Waals surface area (Å²) >= 11 is 0. The van der Waals surface area contributed by atoms with Crippen LogP contribution < -0.4 is 9.47 Å². The Balaban J connectivity index is 1.54. The second-order valence-electron chi connectivity index (χ2n) is 6.92. The average molecular weight is 378 g/mol. The molecule has 0 saturated heterocycles. The van der Waals surface area contributed by atoms with Crippen LogP contribution in [0.25, 0.3) is 0 Å². The van der Waals surface area contributed by atoms with Gasteiger partial charge >= 0.3 is 0 Å². The van der Waals surface area contributed by atoms with Crippen molar-refractivity contribution in [1.82, 2.24) is 4.90 Å². The van der Waals surface area contributed by atoms with Crippen molar-refractivity contribution in [3.8, 4) is 11.5 Å². The molecule has 2 aromatic carbocycles. The summed E-state index contributed by atoms with van der Waals surface area (Å²) in [4.78, 5) is 32.0. The minimum Gasteiger partial charge on any atom is -0.493 e. The van der Waals surface area contributed by atoms with E-state index in [1.807, 2.05) is 17.0 Å². The summed E-state index contributed by atoms with van der Waals surface area (Å²) < 4.78 is 10.5. The highest BCUT2D eigenvalue weighted by Crippen LogP contribution is 2.33. The molecule has 6 heteroatoms. The molecule has 0 unspecified atom stereocenters. The summed E-state index contributed by atoms with van der Waals surface area (Å²) in [5, 5.41) is 0. The van der Waals surface area contributed by atoms with Gasteiger partial charge in [0.15, 0.2) is 17.3 Å². The van der Waals surface area contributed by atoms with Crippen molar-refractivity contribution in [2.45, 2.75) is 18.9 Å². The summed E-state index contributed by atoms with van der Waals surface area (Å²) in [6, 6.07) is 13.2. The van der Waals surface area contributed by atoms with Gasteiger partial charge in [-0.25, -0.2) is 0 Å². The van der Waals surface area contributed by atoms with E-state index in [2.05, 4.69) is 17.1 Å². The number of fused-ring (bicyclic) bond motifs is 3. The lowest BCUT2D eigenvalue weighted by Crippen LogP contribution is -2.48. The second kappa shape index (κ2) is 7.46. The monoisotopic (exact) mass is 378 g/mol. The zero-order chi connectivity index (χ0) is 19.7. The minimum absolute atomic E-state index is 0.0147. The average Bonchev–Trinajstić information content (AvgIpc) is 2.74. The van der Waals surface area contributed by atoms with Crippen molar-refractivity contribution >= 4 is 17.4 Å². The van der Waals surface area contributed by atoms with Gasteiger partial charge in [0.05, 0.1) is 33.2 Å². The van der Waals surface area contributed by atoms with Crippen LogP contribution in [-0.4, -0.2) is 49.6 Å². The van der Waals surface area contributed by atoms with Crippen molar-refractivity contribution in [2.75, 3.05) is 27.3 Å². The molecule has 0 saturated carbocycles. The highest BCUT2D eigenvalue weighted by atomic mass is 16.5. The number of carbonyl (C=O) groups excluding carboxylic acids is 2. The Morgan fingerprint density at radius 3 is 2.71 bits per heavy atom. The van der Waals surface area contributed by atoms with Crippen LogP contribution in [0.1, 0.15) is 33.9 Å². The standard InChI is InChI=1S/C22H22N2O4/c1-27-20-8-7-15(11-21(20)28-2)19(25)12-17-22(26)24-10-9-14-5-3-4-6-16(14)18(24)13-23-17/h3-8,11,18H,9-10,12-13H2,1-2H3/t18-/m1/s1. The molecule has 2 aliphatic heterocycles. The number of aliphatic imine (C=N–C) groups is 1. The molecule has 0 aliphatic carbocycles. The second-order valence-corrected chi connectivity index (χ2v) is 6.92. The first-order chi connectivity index (χ1) is 13.6. The Morgan fingerprint density at radius 2 is 1.93 bits per heavy atom. The van der Waals surface area contributed by atoms with Crippen LogP contribution in [0, 0.1) is 0 Å². The number of rotatable bonds is 5. The number of amides is 1. The maximum Gasteiger partial charge on any atom is 0.268 e. The van der Waals surface area contributed by atoms with Gasteiger partial charge in [-0.2, -0.15) is 0 Å². The third-order valence-corrected chi connectivity index (χ3v) is 5.41. The van der Waals surface area contributed by atoms with Crippen molar-refractivity contribution in [3.63, 3.8) is 0 Å². The fourth-order valence-electron chi connectivity index (χ4n) is 3.92. The smallest absolute Gasteiger partial charge is 0.268 e. The molecular formula is C22H22N2O4. The van der Waals surface area contributed by atoms with E-state index in [4.69, 9.17) is 9.47 Å². The molecule has 1 atom stereocenters. The summed E-state index contributed by atoms with van der Waals surface area (Å²) in [6.07, 6.45) is 0.814. The Hall–Kier alpha value is -3.15. The molecule has 0 aromatic heterocycles. The normalized spacial score (nSPS) is 18.1. The largest absolute Gasteiger partial charge is 0.493 e. The highest BCUT2D eigenvalue weighted by Gasteiger charge is 2.36. The van der Waals surface area contributed by atoms with Gasteiger partial charge in [-0.1, -0.05) is 24.3 Å². The molecule has 28 heavy (non-hydrogen) atoms. The Bertz CT molecular complexity index is 967. The number of methoxy groups -OCH3 is 2. The van der Waals surface area contributed by atoms with E-state index in [1.54, 1.807) is 25.3 Å². The van der Waals surface area contributed by atoms with Crippen LogP contribution in [0.5, 0.6) is 11.5 Å². The first-order valence-corrected chi connectivity index (χ1v) is 9.29. The summed E-state index contributed by atoms with van der Waals surface area (Å²) in [6.45, 7) is 1.15. The van der Waals surface area contributed by atoms with Gasteiger partial charge in [0.1, 0.15) is 5.71 Å². The lowest BCUT2D eigenvalue weighted by Gasteiger charge is -2.39. The van der Waals surface area contributed by atoms with Gasteiger partial charge < -0.3 is 14.4 Å². The molecule has 0 bridgehead atoms. The number of nitrogens with zero attached hydrogens (tertiary/aromatic N) is 2. The molecule has 4 rings (SSSR count). The van der Waals surface area contributed by atoms with Crippen molar-refractivity contribution < 1.29 is 19.1 Å². The van der Waals surface area contributed by atoms with E-state index in [9.17, 15) is 9.59 Å². The maximum atomic E-state index is 13.0. The van der Waals surface area contributed by atoms with E-state index in [0.29, 0.717) is 35.9 Å². The number of hydrogen-bond donors (Lipinski definition) is 0. The van der Waals surface area contributed by atoms with Crippen LogP contribution in [0.15, 0.2) is 47.5 Å². The molecular weight excluding hydrogens is 356 g/mol. The number of benzene rings is 2. The number of ketones is 1. The maximum absolute atomic E-state index is 13.0. The first kappa shape index (κ1) is 18.2. The van der Waals surface area contributed by atoms with Crippen molar-refractivity contribution in [3.05, 3.63) is 59.2 Å². The molecule has 2 aromatic rings. The Labute approximate surface area is 163 Å². The van der Waals surface area contributed by atoms with Crippen LogP contribution in [0.2, 0.25) is 0 Å². The molecule has 144 valence electrons. The molecule has 2 aliphatic rings. The quantitative estimate of drug-likeness (QED) is 0.751. The molecule has 0 N–H and O–H groups in total. The third kappa shape index (κ3) is 3.15. The van der Waals surface area contributed by atoms with E-state index < -0.39 is 0 Å². The van der Waals surface area contributed by atoms with Gasteiger partial charge in [0, 0.05) is 12.1 Å². The molecule has 0 fully saturated rings. The summed E-state index contributed by atoms with van der Waals surface area (Å²) in [7, 11) is 3.07. The van der Waals surface area contributed by atoms with E-state index in [1.165, 1.54) is 12.7 Å². The Kier molecular flexibility index (Phi) is 4.86. The van der Waals surface area contributed by atoms with E-state index >= 15 is 0 Å². The van der Waals surface area contributed by atoms with Crippen molar-refractivity contribution in [1.29, 1.82) is 0 Å². The molecule has 6 nitrogen and oxygen atoms in total. The molecule has 2 heterocycles. The molecule has 0 spiro atoms. The highest BCUT2D eigenvalue weighted by molar-refractivity contribution is 6.43. The lowest BCUT2D eigenvalue weighted by atomic mass is 9.90. The fraction of sp³-hybridized carbons (Fsp3) is 0.318. The Morgan fingerprint density at radius 1 is 1.14 bits per heavy atom. The zero-order valence-corrected chi connectivity index (χ0v) is 16.0. The van der Waals surface area contributed by atoms with E-state index in [0.717, 1.165) is 12.0 Å². The molecule has 1 amide bonds. The van der Waals surface area contributed by atoms with Crippen molar-refractivity contribution in [2.24, 2.45) is 4.99 Å². The van der Waals surface area contributed by atoms with Gasteiger partial charge in [0.25, 0.3) is 5.91 Å². The number of Topliss-reactive ketones (excluding diaryl/α,β-unsaturated/α-hetero) is 1. The first-order valence-electron chi connectivity index (χ1n) is 9.29. The predicted molar refractivity (Wildman–Crippen MR) is 105 cm³/mol. The van der Waals surface area contributed by atoms with Gasteiger partial charge in [-0.15, -0.1) is 0 Å². The number of hydrogen-bond acceptors (Lipinski definition) is 5. The molecule has 0 radical (unpaired) electrons. The van der Waals surface area contributed by atoms with Crippen LogP contribution in [0.3, 0.4) is 0 Å². The fourth-order valence-corrected chi connectivity index (χ4v) is 3.92. The number of carbonyl (C=O) groups is 2. The van der Waals surface area contributed by atoms with E-state index in [-0.39, 0.29) is 24.2 Å². The number of ether oxygens (including phenoxy) is 2. The summed E-state index contributed by atoms with van der Waals surface area (Å²) in [5.41, 5.74) is 3.24. The zero-order valence-electron chi connectivity index (χ0n) is 16.0. The topological polar surface area (TPSA) is 68.2 Å². The van der Waals surface area contributed by atoms with Crippen LogP contribution in [-0.2, 0) is 11.2 Å². The van der Waals surface area contributed by atoms with Gasteiger partial charge in [-0.3, -0.25) is 14.6 Å². The third-order valence-electron chi connectivity index (χ3n) is 5.41. The SMILES string of the molecule is COc1ccc(C(=O)CC2=NC[C@@H]3c4ccccc4CCN3C2=O)cc1OC. The lowest BCUT2D eigenvalue weighted by molar-refractivity contribution is -0.127. The summed E-state index contributed by atoms with van der Waals surface area (Å²) in [5.74, 6) is 0.737. The minimum atomic E-state index is -0.163. The van der Waals surface area contributed by atoms with Crippen LogP contribution in [0.4, 0.5) is 0 Å². The van der Waals surface area contributed by atoms with Gasteiger partial charge in [-0.05, 0) is 35.7 Å².